The Kier molecular flexibility index (Phi) is 3.92. The quantitative estimate of drug-likeness (QED) is 0.543. The van der Waals surface area contributed by atoms with Crippen LogP contribution in [0.15, 0.2) is 36.4 Å². The first-order chi connectivity index (χ1) is 12.0. The zero-order chi connectivity index (χ0) is 17.6. The monoisotopic (exact) mass is 350 g/mol. The molecule has 0 saturated carbocycles. The summed E-state index contributed by atoms with van der Waals surface area (Å²) in [5, 5.41) is 3.06. The van der Waals surface area contributed by atoms with Crippen molar-refractivity contribution in [2.75, 3.05) is 0 Å². The van der Waals surface area contributed by atoms with Gasteiger partial charge in [-0.15, -0.1) is 0 Å². The highest BCUT2D eigenvalue weighted by Gasteiger charge is 2.12. The molecule has 2 heterocycles. The summed E-state index contributed by atoms with van der Waals surface area (Å²) in [6.45, 7) is 3.84. The van der Waals surface area contributed by atoms with Crippen LogP contribution in [-0.2, 0) is 19.9 Å². The van der Waals surface area contributed by atoms with Crippen molar-refractivity contribution in [2.45, 2.75) is 26.7 Å². The van der Waals surface area contributed by atoms with Crippen LogP contribution in [0.3, 0.4) is 0 Å². The van der Waals surface area contributed by atoms with Gasteiger partial charge in [-0.1, -0.05) is 41.9 Å². The van der Waals surface area contributed by atoms with E-state index in [9.17, 15) is 0 Å². The van der Waals surface area contributed by atoms with Gasteiger partial charge in [0.15, 0.2) is 0 Å². The average Bonchev–Trinajstić information content (AvgIpc) is 2.94. The molecule has 0 N–H and O–H groups in total. The van der Waals surface area contributed by atoms with Gasteiger partial charge in [-0.25, -0.2) is 15.0 Å². The fourth-order valence-corrected chi connectivity index (χ4v) is 3.39. The van der Waals surface area contributed by atoms with Crippen molar-refractivity contribution in [3.8, 4) is 0 Å². The van der Waals surface area contributed by atoms with Crippen LogP contribution in [0, 0.1) is 13.8 Å². The third kappa shape index (κ3) is 2.76. The number of hydrogen-bond donors (Lipinski definition) is 0. The third-order valence-corrected chi connectivity index (χ3v) is 5.22. The largest absolute Gasteiger partial charge is 0.331 e. The lowest BCUT2D eigenvalue weighted by molar-refractivity contribution is 0.752. The molecule has 0 aliphatic heterocycles. The normalized spacial score (nSPS) is 11.5. The minimum absolute atomic E-state index is 0.651. The fraction of sp³-hybridized carbons (Fsp3) is 0.250. The van der Waals surface area contributed by atoms with Gasteiger partial charge in [0.25, 0.3) is 0 Å². The number of fused-ring (bicyclic) bond motifs is 3. The molecule has 2 aromatic heterocycles. The highest BCUT2D eigenvalue weighted by molar-refractivity contribution is 6.31. The molecule has 0 spiro atoms. The van der Waals surface area contributed by atoms with Gasteiger partial charge in [-0.05, 0) is 25.3 Å². The van der Waals surface area contributed by atoms with Crippen LogP contribution in [0.1, 0.15) is 23.0 Å². The minimum atomic E-state index is 0.651. The van der Waals surface area contributed by atoms with Gasteiger partial charge in [-0.3, -0.25) is 0 Å². The molecular formula is C20H19ClN4. The number of aromatic nitrogens is 4. The number of hydrogen-bond acceptors (Lipinski definition) is 3. The molecule has 0 amide bonds. The van der Waals surface area contributed by atoms with Gasteiger partial charge < -0.3 is 4.57 Å². The Balaban J connectivity index is 1.70. The molecule has 4 aromatic rings. The predicted molar refractivity (Wildman–Crippen MR) is 102 cm³/mol. The van der Waals surface area contributed by atoms with E-state index in [0.717, 1.165) is 46.9 Å². The lowest BCUT2D eigenvalue weighted by Crippen LogP contribution is -2.05. The van der Waals surface area contributed by atoms with Crippen molar-refractivity contribution in [1.29, 1.82) is 0 Å². The van der Waals surface area contributed by atoms with Gasteiger partial charge in [-0.2, -0.15) is 0 Å². The van der Waals surface area contributed by atoms with Crippen LogP contribution >= 0.6 is 11.6 Å². The summed E-state index contributed by atoms with van der Waals surface area (Å²) >= 11 is 6.16. The van der Waals surface area contributed by atoms with Crippen LogP contribution in [0.25, 0.3) is 21.8 Å². The van der Waals surface area contributed by atoms with E-state index in [1.165, 1.54) is 10.8 Å². The van der Waals surface area contributed by atoms with Crippen molar-refractivity contribution < 1.29 is 0 Å². The summed E-state index contributed by atoms with van der Waals surface area (Å²) in [5.74, 6) is 1.86. The van der Waals surface area contributed by atoms with E-state index in [0.29, 0.717) is 5.02 Å². The number of nitrogens with zero attached hydrogens (tertiary/aromatic N) is 4. The van der Waals surface area contributed by atoms with E-state index in [-0.39, 0.29) is 0 Å². The Labute approximate surface area is 151 Å². The lowest BCUT2D eigenvalue weighted by atomic mass is 10.1. The van der Waals surface area contributed by atoms with Crippen LogP contribution in [-0.4, -0.2) is 19.5 Å². The summed E-state index contributed by atoms with van der Waals surface area (Å²) in [4.78, 5) is 13.9. The molecule has 0 atom stereocenters. The molecule has 4 nitrogen and oxygen atoms in total. The first-order valence-corrected chi connectivity index (χ1v) is 8.75. The summed E-state index contributed by atoms with van der Waals surface area (Å²) in [5.41, 5.74) is 3.87. The molecule has 2 aromatic carbocycles. The second-order valence-electron chi connectivity index (χ2n) is 6.37. The summed E-state index contributed by atoms with van der Waals surface area (Å²) < 4.78 is 2.16. The van der Waals surface area contributed by atoms with Crippen LogP contribution in [0.4, 0.5) is 0 Å². The van der Waals surface area contributed by atoms with Gasteiger partial charge in [0.05, 0.1) is 27.4 Å². The molecule has 25 heavy (non-hydrogen) atoms. The molecule has 4 rings (SSSR count). The molecular weight excluding hydrogens is 332 g/mol. The summed E-state index contributed by atoms with van der Waals surface area (Å²) in [6, 6.07) is 12.7. The Morgan fingerprint density at radius 2 is 1.64 bits per heavy atom. The van der Waals surface area contributed by atoms with Crippen LogP contribution < -0.4 is 0 Å². The summed E-state index contributed by atoms with van der Waals surface area (Å²) in [7, 11) is 2.07. The molecule has 0 saturated heterocycles. The van der Waals surface area contributed by atoms with Gasteiger partial charge in [0, 0.05) is 25.3 Å². The number of imidazole rings is 1. The van der Waals surface area contributed by atoms with Gasteiger partial charge >= 0.3 is 0 Å². The number of rotatable bonds is 3. The van der Waals surface area contributed by atoms with E-state index in [1.54, 1.807) is 0 Å². The Hall–Kier alpha value is -2.46. The van der Waals surface area contributed by atoms with Crippen molar-refractivity contribution in [2.24, 2.45) is 7.05 Å². The van der Waals surface area contributed by atoms with Gasteiger partial charge in [0.1, 0.15) is 11.6 Å². The lowest BCUT2D eigenvalue weighted by Gasteiger charge is -2.06. The maximum absolute atomic E-state index is 6.16. The van der Waals surface area contributed by atoms with Gasteiger partial charge in [0.2, 0.25) is 0 Å². The zero-order valence-corrected chi connectivity index (χ0v) is 15.3. The molecule has 5 heteroatoms. The first kappa shape index (κ1) is 16.0. The van der Waals surface area contributed by atoms with Crippen molar-refractivity contribution in [3.63, 3.8) is 0 Å². The number of halogens is 1. The fourth-order valence-electron chi connectivity index (χ4n) is 3.31. The smallest absolute Gasteiger partial charge is 0.129 e. The molecule has 0 radical (unpaired) electrons. The zero-order valence-electron chi connectivity index (χ0n) is 14.5. The molecule has 0 fully saturated rings. The topological polar surface area (TPSA) is 43.6 Å². The van der Waals surface area contributed by atoms with E-state index in [4.69, 9.17) is 16.6 Å². The highest BCUT2D eigenvalue weighted by Crippen LogP contribution is 2.25. The summed E-state index contributed by atoms with van der Waals surface area (Å²) in [6.07, 6.45) is 1.54. The molecule has 0 aliphatic rings. The highest BCUT2D eigenvalue weighted by atomic mass is 35.5. The van der Waals surface area contributed by atoms with E-state index < -0.39 is 0 Å². The third-order valence-electron chi connectivity index (χ3n) is 4.67. The van der Waals surface area contributed by atoms with E-state index in [2.05, 4.69) is 58.0 Å². The van der Waals surface area contributed by atoms with E-state index >= 15 is 0 Å². The van der Waals surface area contributed by atoms with Crippen molar-refractivity contribution >= 4 is 33.4 Å². The average molecular weight is 351 g/mol. The van der Waals surface area contributed by atoms with Crippen molar-refractivity contribution in [3.05, 3.63) is 64.5 Å². The second-order valence-corrected chi connectivity index (χ2v) is 6.74. The number of aryl methyl sites for hydroxylation is 5. The van der Waals surface area contributed by atoms with Crippen LogP contribution in [0.2, 0.25) is 5.02 Å². The molecule has 0 bridgehead atoms. The maximum atomic E-state index is 6.16. The van der Waals surface area contributed by atoms with Crippen molar-refractivity contribution in [1.82, 2.24) is 19.5 Å². The second kappa shape index (κ2) is 6.12. The Morgan fingerprint density at radius 3 is 2.40 bits per heavy atom. The molecule has 0 aliphatic carbocycles. The predicted octanol–water partition coefficient (Wildman–Crippen LogP) is 4.57. The van der Waals surface area contributed by atoms with Crippen LogP contribution in [0.5, 0.6) is 0 Å². The van der Waals surface area contributed by atoms with E-state index in [1.807, 2.05) is 13.8 Å². The first-order valence-electron chi connectivity index (χ1n) is 8.37. The Morgan fingerprint density at radius 1 is 0.920 bits per heavy atom. The number of benzene rings is 2. The maximum Gasteiger partial charge on any atom is 0.129 e. The molecule has 0 unspecified atom stereocenters. The SMILES string of the molecule is Cc1nc(CCc2nc3c4ccccc4ccc3n2C)nc(C)c1Cl. The molecule has 126 valence electrons. The standard InChI is InChI=1S/C20H19ClN4/c1-12-19(21)13(2)23-17(22-12)10-11-18-24-20-15-7-5-4-6-14(15)8-9-16(20)25(18)3/h4-9H,10-11H2,1-3H3. The Bertz CT molecular complexity index is 1070. The minimum Gasteiger partial charge on any atom is -0.331 e.